The molecule has 4 nitrogen and oxygen atoms in total. The summed E-state index contributed by atoms with van der Waals surface area (Å²) in [5.74, 6) is 0. The first-order chi connectivity index (χ1) is 8.20. The van der Waals surface area contributed by atoms with Crippen LogP contribution in [0.5, 0.6) is 0 Å². The van der Waals surface area contributed by atoms with Crippen molar-refractivity contribution in [1.29, 1.82) is 5.26 Å². The molecule has 2 rings (SSSR count). The fourth-order valence-corrected chi connectivity index (χ4v) is 2.03. The Bertz CT molecular complexity index is 412. The van der Waals surface area contributed by atoms with Gasteiger partial charge in [0.25, 0.3) is 0 Å². The van der Waals surface area contributed by atoms with Crippen molar-refractivity contribution in [2.45, 2.75) is 25.4 Å². The van der Waals surface area contributed by atoms with Crippen molar-refractivity contribution in [3.05, 3.63) is 23.5 Å². The molecule has 0 radical (unpaired) electrons. The zero-order chi connectivity index (χ0) is 12.3. The summed E-state index contributed by atoms with van der Waals surface area (Å²) in [6.07, 6.45) is 4.73. The van der Waals surface area contributed by atoms with Crippen LogP contribution in [0, 0.1) is 11.3 Å². The minimum atomic E-state index is 0.719. The average molecular weight is 232 g/mol. The van der Waals surface area contributed by atoms with Gasteiger partial charge < -0.3 is 14.8 Å². The van der Waals surface area contributed by atoms with E-state index in [9.17, 15) is 0 Å². The lowest BCUT2D eigenvalue weighted by Gasteiger charge is -2.15. The highest BCUT2D eigenvalue weighted by atomic mass is 15.2. The van der Waals surface area contributed by atoms with Crippen LogP contribution in [-0.4, -0.2) is 35.6 Å². The first-order valence-electron chi connectivity index (χ1n) is 6.17. The molecule has 17 heavy (non-hydrogen) atoms. The van der Waals surface area contributed by atoms with E-state index in [0.717, 1.165) is 31.4 Å². The van der Waals surface area contributed by atoms with E-state index in [-0.39, 0.29) is 0 Å². The lowest BCUT2D eigenvalue weighted by Crippen LogP contribution is -2.30. The van der Waals surface area contributed by atoms with Crippen LogP contribution in [0.25, 0.3) is 0 Å². The van der Waals surface area contributed by atoms with Crippen LogP contribution in [0.3, 0.4) is 0 Å². The zero-order valence-corrected chi connectivity index (χ0v) is 10.6. The monoisotopic (exact) mass is 232 g/mol. The molecule has 4 heteroatoms. The Balaban J connectivity index is 1.68. The molecular weight excluding hydrogens is 212 g/mol. The van der Waals surface area contributed by atoms with Gasteiger partial charge in [-0.2, -0.15) is 5.26 Å². The van der Waals surface area contributed by atoms with Crippen LogP contribution in [0.15, 0.2) is 12.3 Å². The van der Waals surface area contributed by atoms with Crippen molar-refractivity contribution in [3.8, 4) is 6.07 Å². The summed E-state index contributed by atoms with van der Waals surface area (Å²) in [6, 6.07) is 4.95. The van der Waals surface area contributed by atoms with Gasteiger partial charge in [0, 0.05) is 38.9 Å². The Kier molecular flexibility index (Phi) is 3.82. The van der Waals surface area contributed by atoms with Crippen LogP contribution in [0.1, 0.15) is 24.1 Å². The summed E-state index contributed by atoms with van der Waals surface area (Å²) in [6.45, 7) is 2.94. The maximum absolute atomic E-state index is 8.85. The number of aryl methyl sites for hydroxylation is 1. The first kappa shape index (κ1) is 12.2. The minimum Gasteiger partial charge on any atom is -0.342 e. The average Bonchev–Trinajstić information content (AvgIpc) is 3.09. The third kappa shape index (κ3) is 3.32. The van der Waals surface area contributed by atoms with Gasteiger partial charge in [0.15, 0.2) is 0 Å². The topological polar surface area (TPSA) is 44.0 Å². The molecule has 0 aromatic carbocycles. The van der Waals surface area contributed by atoms with Gasteiger partial charge in [-0.25, -0.2) is 0 Å². The Morgan fingerprint density at radius 3 is 2.94 bits per heavy atom. The summed E-state index contributed by atoms with van der Waals surface area (Å²) in [7, 11) is 4.10. The van der Waals surface area contributed by atoms with E-state index in [2.05, 4.69) is 23.3 Å². The van der Waals surface area contributed by atoms with Crippen molar-refractivity contribution in [1.82, 2.24) is 14.8 Å². The number of hydrogen-bond acceptors (Lipinski definition) is 3. The van der Waals surface area contributed by atoms with E-state index in [1.54, 1.807) is 0 Å². The predicted molar refractivity (Wildman–Crippen MR) is 67.5 cm³/mol. The van der Waals surface area contributed by atoms with Crippen molar-refractivity contribution in [2.24, 2.45) is 7.05 Å². The van der Waals surface area contributed by atoms with E-state index in [0.29, 0.717) is 0 Å². The fraction of sp³-hybridized carbons (Fsp3) is 0.615. The molecular formula is C13H20N4. The van der Waals surface area contributed by atoms with Gasteiger partial charge in [-0.05, 0) is 31.5 Å². The van der Waals surface area contributed by atoms with Gasteiger partial charge in [-0.15, -0.1) is 0 Å². The highest BCUT2D eigenvalue weighted by Gasteiger charge is 2.25. The summed E-state index contributed by atoms with van der Waals surface area (Å²) >= 11 is 0. The molecule has 0 saturated heterocycles. The van der Waals surface area contributed by atoms with E-state index >= 15 is 0 Å². The molecule has 1 aromatic rings. The molecule has 1 aliphatic rings. The number of nitrogens with zero attached hydrogens (tertiary/aromatic N) is 3. The van der Waals surface area contributed by atoms with Crippen molar-refractivity contribution in [2.75, 3.05) is 20.1 Å². The van der Waals surface area contributed by atoms with Crippen molar-refractivity contribution in [3.63, 3.8) is 0 Å². The first-order valence-corrected chi connectivity index (χ1v) is 6.17. The molecule has 0 amide bonds. The molecule has 1 aromatic heterocycles. The van der Waals surface area contributed by atoms with E-state index in [1.165, 1.54) is 18.4 Å². The predicted octanol–water partition coefficient (Wildman–Crippen LogP) is 1.08. The van der Waals surface area contributed by atoms with Gasteiger partial charge in [-0.3, -0.25) is 0 Å². The highest BCUT2D eigenvalue weighted by Crippen LogP contribution is 2.24. The normalized spacial score (nSPS) is 15.2. The molecule has 0 aliphatic heterocycles. The smallest absolute Gasteiger partial charge is 0.120 e. The molecule has 1 aliphatic carbocycles. The lowest BCUT2D eigenvalue weighted by molar-refractivity contribution is 0.321. The summed E-state index contributed by atoms with van der Waals surface area (Å²) in [5, 5.41) is 12.3. The second-order valence-corrected chi connectivity index (χ2v) is 4.84. The quantitative estimate of drug-likeness (QED) is 0.746. The van der Waals surface area contributed by atoms with Crippen LogP contribution in [0.4, 0.5) is 0 Å². The van der Waals surface area contributed by atoms with Crippen LogP contribution >= 0.6 is 0 Å². The van der Waals surface area contributed by atoms with Crippen molar-refractivity contribution < 1.29 is 0 Å². The summed E-state index contributed by atoms with van der Waals surface area (Å²) < 4.78 is 1.87. The fourth-order valence-electron chi connectivity index (χ4n) is 2.03. The van der Waals surface area contributed by atoms with Gasteiger partial charge in [-0.1, -0.05) is 0 Å². The molecule has 0 bridgehead atoms. The van der Waals surface area contributed by atoms with Gasteiger partial charge >= 0.3 is 0 Å². The number of likely N-dealkylation sites (N-methyl/N-ethyl adjacent to an activating group) is 1. The standard InChI is InChI=1S/C13H20N4/c1-16(12-3-4-12)6-5-15-9-11-7-13(8-14)17(2)10-11/h7,10,12,15H,3-6,9H2,1-2H3. The number of aromatic nitrogens is 1. The second kappa shape index (κ2) is 5.35. The molecule has 0 spiro atoms. The molecule has 1 fully saturated rings. The Morgan fingerprint density at radius 2 is 2.35 bits per heavy atom. The zero-order valence-electron chi connectivity index (χ0n) is 10.6. The SMILES string of the molecule is CN(CCNCc1cc(C#N)n(C)c1)C1CC1. The van der Waals surface area contributed by atoms with Gasteiger partial charge in [0.2, 0.25) is 0 Å². The Labute approximate surface area is 103 Å². The summed E-state index contributed by atoms with van der Waals surface area (Å²) in [5.41, 5.74) is 1.90. The number of nitriles is 1. The highest BCUT2D eigenvalue weighted by molar-refractivity contribution is 5.28. The molecule has 0 atom stereocenters. The maximum Gasteiger partial charge on any atom is 0.120 e. The lowest BCUT2D eigenvalue weighted by atomic mass is 10.3. The number of hydrogen-bond donors (Lipinski definition) is 1. The molecule has 1 N–H and O–H groups in total. The molecule has 1 saturated carbocycles. The van der Waals surface area contributed by atoms with E-state index < -0.39 is 0 Å². The maximum atomic E-state index is 8.85. The summed E-state index contributed by atoms with van der Waals surface area (Å²) in [4.78, 5) is 2.42. The second-order valence-electron chi connectivity index (χ2n) is 4.84. The van der Waals surface area contributed by atoms with Crippen molar-refractivity contribution >= 4 is 0 Å². The molecule has 0 unspecified atom stereocenters. The Morgan fingerprint density at radius 1 is 1.59 bits per heavy atom. The van der Waals surface area contributed by atoms with E-state index in [1.807, 2.05) is 23.9 Å². The van der Waals surface area contributed by atoms with Gasteiger partial charge in [0.05, 0.1) is 0 Å². The Hall–Kier alpha value is -1.31. The third-order valence-corrected chi connectivity index (χ3v) is 3.32. The largest absolute Gasteiger partial charge is 0.342 e. The van der Waals surface area contributed by atoms with Crippen LogP contribution in [0.2, 0.25) is 0 Å². The van der Waals surface area contributed by atoms with Gasteiger partial charge in [0.1, 0.15) is 11.8 Å². The minimum absolute atomic E-state index is 0.719. The van der Waals surface area contributed by atoms with E-state index in [4.69, 9.17) is 5.26 Å². The molecule has 1 heterocycles. The number of nitrogens with one attached hydrogen (secondary N) is 1. The molecule has 92 valence electrons. The van der Waals surface area contributed by atoms with Crippen LogP contribution < -0.4 is 5.32 Å². The third-order valence-electron chi connectivity index (χ3n) is 3.32. The number of rotatable bonds is 6. The van der Waals surface area contributed by atoms with Crippen LogP contribution in [-0.2, 0) is 13.6 Å².